The van der Waals surface area contributed by atoms with E-state index in [0.717, 1.165) is 45.4 Å². The maximum Gasteiger partial charge on any atom is 0.219 e. The van der Waals surface area contributed by atoms with E-state index >= 15 is 0 Å². The lowest BCUT2D eigenvalue weighted by Crippen LogP contribution is -2.37. The molecule has 1 aliphatic heterocycles. The Morgan fingerprint density at radius 3 is 2.37 bits per heavy atom. The zero-order valence-electron chi connectivity index (χ0n) is 12.1. The predicted molar refractivity (Wildman–Crippen MR) is 74.9 cm³/mol. The van der Waals surface area contributed by atoms with Crippen molar-refractivity contribution in [1.82, 2.24) is 9.80 Å². The quantitative estimate of drug-likeness (QED) is 0.780. The average Bonchev–Trinajstić information content (AvgIpc) is 2.65. The second-order valence-corrected chi connectivity index (χ2v) is 5.94. The first-order chi connectivity index (χ1) is 9.16. The molecule has 0 aromatic rings. The van der Waals surface area contributed by atoms with Gasteiger partial charge in [0.1, 0.15) is 5.78 Å². The Balaban J connectivity index is 1.78. The standard InChI is InChI=1S/C15H26N2O2/c1-13(18)17-9-5-8-16(10-11-17)12-15(19)14-6-3-2-4-7-14/h14H,2-12H2,1H3. The molecular formula is C15H26N2O2. The highest BCUT2D eigenvalue weighted by Gasteiger charge is 2.24. The maximum absolute atomic E-state index is 12.3. The van der Waals surface area contributed by atoms with E-state index in [2.05, 4.69) is 4.90 Å². The van der Waals surface area contributed by atoms with Crippen LogP contribution in [0.15, 0.2) is 0 Å². The van der Waals surface area contributed by atoms with Gasteiger partial charge in [-0.05, 0) is 19.3 Å². The van der Waals surface area contributed by atoms with Gasteiger partial charge in [0, 0.05) is 39.0 Å². The lowest BCUT2D eigenvalue weighted by atomic mass is 9.86. The molecular weight excluding hydrogens is 240 g/mol. The molecule has 108 valence electrons. The summed E-state index contributed by atoms with van der Waals surface area (Å²) in [4.78, 5) is 27.8. The van der Waals surface area contributed by atoms with Crippen molar-refractivity contribution < 1.29 is 9.59 Å². The zero-order chi connectivity index (χ0) is 13.7. The molecule has 1 saturated carbocycles. The number of carbonyl (C=O) groups excluding carboxylic acids is 2. The maximum atomic E-state index is 12.3. The van der Waals surface area contributed by atoms with Crippen molar-refractivity contribution in [3.8, 4) is 0 Å². The minimum Gasteiger partial charge on any atom is -0.342 e. The van der Waals surface area contributed by atoms with Crippen molar-refractivity contribution in [1.29, 1.82) is 0 Å². The Kier molecular flexibility index (Phi) is 5.37. The van der Waals surface area contributed by atoms with E-state index in [0.29, 0.717) is 18.2 Å². The summed E-state index contributed by atoms with van der Waals surface area (Å²) < 4.78 is 0. The SMILES string of the molecule is CC(=O)N1CCCN(CC(=O)C2CCCCC2)CC1. The van der Waals surface area contributed by atoms with E-state index in [1.807, 2.05) is 4.90 Å². The third-order valence-corrected chi connectivity index (χ3v) is 4.47. The van der Waals surface area contributed by atoms with Crippen LogP contribution in [0, 0.1) is 5.92 Å². The number of carbonyl (C=O) groups is 2. The number of ketones is 1. The fourth-order valence-corrected chi connectivity index (χ4v) is 3.22. The predicted octanol–water partition coefficient (Wildman–Crippen LogP) is 1.69. The molecule has 0 aromatic carbocycles. The first-order valence-corrected chi connectivity index (χ1v) is 7.67. The van der Waals surface area contributed by atoms with Crippen LogP contribution >= 0.6 is 0 Å². The molecule has 2 fully saturated rings. The van der Waals surface area contributed by atoms with Crippen LogP contribution < -0.4 is 0 Å². The third-order valence-electron chi connectivity index (χ3n) is 4.47. The second kappa shape index (κ2) is 7.04. The highest BCUT2D eigenvalue weighted by atomic mass is 16.2. The van der Waals surface area contributed by atoms with Crippen LogP contribution in [-0.2, 0) is 9.59 Å². The Bertz CT molecular complexity index is 324. The molecule has 4 heteroatoms. The van der Waals surface area contributed by atoms with Crippen LogP contribution in [-0.4, -0.2) is 54.2 Å². The van der Waals surface area contributed by atoms with Gasteiger partial charge < -0.3 is 4.90 Å². The first kappa shape index (κ1) is 14.5. The van der Waals surface area contributed by atoms with Crippen molar-refractivity contribution >= 4 is 11.7 Å². The lowest BCUT2D eigenvalue weighted by Gasteiger charge is -2.25. The van der Waals surface area contributed by atoms with Gasteiger partial charge in [-0.25, -0.2) is 0 Å². The normalized spacial score (nSPS) is 23.1. The molecule has 1 aliphatic carbocycles. The smallest absolute Gasteiger partial charge is 0.219 e. The van der Waals surface area contributed by atoms with Gasteiger partial charge in [-0.2, -0.15) is 0 Å². The minimum absolute atomic E-state index is 0.153. The van der Waals surface area contributed by atoms with Gasteiger partial charge in [-0.3, -0.25) is 14.5 Å². The van der Waals surface area contributed by atoms with Gasteiger partial charge >= 0.3 is 0 Å². The molecule has 0 spiro atoms. The average molecular weight is 266 g/mol. The molecule has 0 N–H and O–H groups in total. The summed E-state index contributed by atoms with van der Waals surface area (Å²) in [5.41, 5.74) is 0. The molecule has 2 rings (SSSR count). The summed E-state index contributed by atoms with van der Waals surface area (Å²) in [5.74, 6) is 0.886. The minimum atomic E-state index is 0.153. The van der Waals surface area contributed by atoms with Gasteiger partial charge in [0.15, 0.2) is 0 Å². The topological polar surface area (TPSA) is 40.6 Å². The summed E-state index contributed by atoms with van der Waals surface area (Å²) >= 11 is 0. The van der Waals surface area contributed by atoms with E-state index in [9.17, 15) is 9.59 Å². The summed E-state index contributed by atoms with van der Waals surface area (Å²) in [6.45, 7) is 5.62. The summed E-state index contributed by atoms with van der Waals surface area (Å²) in [7, 11) is 0. The van der Waals surface area contributed by atoms with Gasteiger partial charge in [0.05, 0.1) is 6.54 Å². The molecule has 0 aromatic heterocycles. The van der Waals surface area contributed by atoms with E-state index in [1.54, 1.807) is 6.92 Å². The fraction of sp³-hybridized carbons (Fsp3) is 0.867. The van der Waals surface area contributed by atoms with Crippen molar-refractivity contribution in [2.24, 2.45) is 5.92 Å². The van der Waals surface area contributed by atoms with Gasteiger partial charge in [0.2, 0.25) is 5.91 Å². The summed E-state index contributed by atoms with van der Waals surface area (Å²) in [6.07, 6.45) is 6.89. The number of hydrogen-bond acceptors (Lipinski definition) is 3. The van der Waals surface area contributed by atoms with Crippen LogP contribution in [0.1, 0.15) is 45.4 Å². The highest BCUT2D eigenvalue weighted by molar-refractivity contribution is 5.83. The highest BCUT2D eigenvalue weighted by Crippen LogP contribution is 2.24. The van der Waals surface area contributed by atoms with Gasteiger partial charge in [0.25, 0.3) is 0 Å². The van der Waals surface area contributed by atoms with E-state index in [1.165, 1.54) is 19.3 Å². The Labute approximate surface area is 116 Å². The monoisotopic (exact) mass is 266 g/mol. The van der Waals surface area contributed by atoms with Crippen LogP contribution in [0.5, 0.6) is 0 Å². The second-order valence-electron chi connectivity index (χ2n) is 5.94. The number of rotatable bonds is 3. The molecule has 2 aliphatic rings. The summed E-state index contributed by atoms with van der Waals surface area (Å²) in [5, 5.41) is 0. The van der Waals surface area contributed by atoms with Crippen molar-refractivity contribution in [3.05, 3.63) is 0 Å². The molecule has 1 heterocycles. The summed E-state index contributed by atoms with van der Waals surface area (Å²) in [6, 6.07) is 0. The molecule has 4 nitrogen and oxygen atoms in total. The van der Waals surface area contributed by atoms with E-state index in [4.69, 9.17) is 0 Å². The van der Waals surface area contributed by atoms with Crippen LogP contribution in [0.2, 0.25) is 0 Å². The molecule has 0 unspecified atom stereocenters. The molecule has 0 atom stereocenters. The first-order valence-electron chi connectivity index (χ1n) is 7.67. The Morgan fingerprint density at radius 2 is 1.68 bits per heavy atom. The van der Waals surface area contributed by atoms with Crippen molar-refractivity contribution in [3.63, 3.8) is 0 Å². The Morgan fingerprint density at radius 1 is 0.947 bits per heavy atom. The molecule has 1 saturated heterocycles. The van der Waals surface area contributed by atoms with Gasteiger partial charge in [-0.15, -0.1) is 0 Å². The molecule has 0 bridgehead atoms. The lowest BCUT2D eigenvalue weighted by molar-refractivity contribution is -0.128. The zero-order valence-corrected chi connectivity index (χ0v) is 12.1. The molecule has 0 radical (unpaired) electrons. The van der Waals surface area contributed by atoms with Crippen molar-refractivity contribution in [2.45, 2.75) is 45.4 Å². The Hall–Kier alpha value is -0.900. The molecule has 1 amide bonds. The number of hydrogen-bond donors (Lipinski definition) is 0. The fourth-order valence-electron chi connectivity index (χ4n) is 3.22. The van der Waals surface area contributed by atoms with E-state index < -0.39 is 0 Å². The number of nitrogens with zero attached hydrogens (tertiary/aromatic N) is 2. The van der Waals surface area contributed by atoms with Gasteiger partial charge in [-0.1, -0.05) is 19.3 Å². The number of amides is 1. The van der Waals surface area contributed by atoms with Crippen LogP contribution in [0.3, 0.4) is 0 Å². The third kappa shape index (κ3) is 4.30. The largest absolute Gasteiger partial charge is 0.342 e. The molecule has 19 heavy (non-hydrogen) atoms. The van der Waals surface area contributed by atoms with E-state index in [-0.39, 0.29) is 5.91 Å². The number of Topliss-reactive ketones (excluding diaryl/α,β-unsaturated/α-hetero) is 1. The van der Waals surface area contributed by atoms with Crippen LogP contribution in [0.4, 0.5) is 0 Å². The van der Waals surface area contributed by atoms with Crippen molar-refractivity contribution in [2.75, 3.05) is 32.7 Å². The van der Waals surface area contributed by atoms with Crippen LogP contribution in [0.25, 0.3) is 0 Å².